The lowest BCUT2D eigenvalue weighted by atomic mass is 9.72. The molecular weight excluding hydrogens is 1130 g/mol. The maximum Gasteiger partial charge on any atom is 0.407 e. The van der Waals surface area contributed by atoms with Gasteiger partial charge in [-0.25, -0.2) is 14.8 Å². The van der Waals surface area contributed by atoms with Crippen LogP contribution in [0.15, 0.2) is 82.6 Å². The number of ketones is 3. The number of nitrogens with zero attached hydrogens (tertiary/aromatic N) is 3. The second-order valence-corrected chi connectivity index (χ2v) is 22.8. The number of anilines is 2. The molecule has 2 aromatic heterocycles. The number of hydrogen-bond donors (Lipinski definition) is 10. The van der Waals surface area contributed by atoms with Crippen LogP contribution >= 0.6 is 21.6 Å². The molecule has 4 aromatic carbocycles. The number of fused-ring (bicyclic) bond motifs is 4. The molecule has 9 rings (SSSR count). The van der Waals surface area contributed by atoms with Crippen molar-refractivity contribution >= 4 is 85.9 Å². The number of methoxy groups -OCH3 is 1. The number of Topliss-reactive ketones (excluding diaryl/α,β-unsaturated/α-hetero) is 1. The lowest BCUT2D eigenvalue weighted by Gasteiger charge is -2.42. The first kappa shape index (κ1) is 60.1. The predicted molar refractivity (Wildman–Crippen MR) is 305 cm³/mol. The monoisotopic (exact) mass is 1190 g/mol. The molecule has 0 spiro atoms. The van der Waals surface area contributed by atoms with Crippen LogP contribution in [0.5, 0.6) is 17.2 Å². The topological polar surface area (TPSA) is 383 Å². The Hall–Kier alpha value is -8.47. The number of aldehydes is 1. The Morgan fingerprint density at radius 2 is 1.73 bits per heavy atom. The summed E-state index contributed by atoms with van der Waals surface area (Å²) in [6.07, 6.45) is -5.00. The van der Waals surface area contributed by atoms with E-state index in [1.165, 1.54) is 60.0 Å². The van der Waals surface area contributed by atoms with E-state index in [1.54, 1.807) is 36.4 Å². The molecule has 8 atom stereocenters. The predicted octanol–water partition coefficient (Wildman–Crippen LogP) is 4.24. The van der Waals surface area contributed by atoms with E-state index in [2.05, 4.69) is 41.2 Å². The Bertz CT molecular complexity index is 3640. The van der Waals surface area contributed by atoms with E-state index < -0.39 is 113 Å². The summed E-state index contributed by atoms with van der Waals surface area (Å²) in [4.78, 5) is 120. The number of phenolic OH excluding ortho intramolecular Hbond substituents is 2. The Labute approximate surface area is 486 Å². The van der Waals surface area contributed by atoms with Crippen molar-refractivity contribution in [2.24, 2.45) is 0 Å². The van der Waals surface area contributed by atoms with Crippen molar-refractivity contribution in [1.82, 2.24) is 35.9 Å². The molecule has 11 N–H and O–H groups in total. The minimum absolute atomic E-state index is 0.0423. The summed E-state index contributed by atoms with van der Waals surface area (Å²) in [7, 11) is 4.13. The number of ether oxygens (including phenoxy) is 4. The molecule has 0 saturated carbocycles. The van der Waals surface area contributed by atoms with E-state index in [9.17, 15) is 58.8 Å². The summed E-state index contributed by atoms with van der Waals surface area (Å²) in [6, 6.07) is 15.7. The number of alkyl carbamates (subject to hydrolysis) is 1. The van der Waals surface area contributed by atoms with Crippen molar-refractivity contribution in [1.29, 1.82) is 0 Å². The first-order chi connectivity index (χ1) is 40.2. The summed E-state index contributed by atoms with van der Waals surface area (Å²) in [5.74, 6) is -4.12. The van der Waals surface area contributed by atoms with Gasteiger partial charge in [0, 0.05) is 75.9 Å². The van der Waals surface area contributed by atoms with Gasteiger partial charge in [0.1, 0.15) is 41.8 Å². The zero-order valence-corrected chi connectivity index (χ0v) is 47.3. The number of nitrogens with two attached hydrogens (primary N) is 1. The summed E-state index contributed by atoms with van der Waals surface area (Å²) >= 11 is 0. The maximum atomic E-state index is 14.1. The highest BCUT2D eigenvalue weighted by Crippen LogP contribution is 2.52. The molecule has 3 amide bonds. The average Bonchev–Trinajstić information content (AvgIpc) is 1.41. The van der Waals surface area contributed by atoms with E-state index in [-0.39, 0.29) is 95.0 Å². The number of benzene rings is 4. The van der Waals surface area contributed by atoms with Crippen molar-refractivity contribution in [2.75, 3.05) is 23.9 Å². The zero-order chi connectivity index (χ0) is 60.1. The molecule has 7 unspecified atom stereocenters. The molecule has 3 heterocycles. The molecule has 1 saturated heterocycles. The van der Waals surface area contributed by atoms with Crippen LogP contribution in [-0.2, 0) is 48.2 Å². The van der Waals surface area contributed by atoms with Gasteiger partial charge in [-0.1, -0.05) is 51.9 Å². The van der Waals surface area contributed by atoms with Gasteiger partial charge in [-0.15, -0.1) is 0 Å². The van der Waals surface area contributed by atoms with Gasteiger partial charge in [0.05, 0.1) is 66.5 Å². The molecule has 1 aliphatic heterocycles. The highest BCUT2D eigenvalue weighted by Gasteiger charge is 2.50. The van der Waals surface area contributed by atoms with E-state index in [0.29, 0.717) is 29.0 Å². The number of aliphatic hydroxyl groups excluding tert-OH is 1. The van der Waals surface area contributed by atoms with Gasteiger partial charge in [-0.2, -0.15) is 4.98 Å². The lowest BCUT2D eigenvalue weighted by molar-refractivity contribution is -0.249. The largest absolute Gasteiger partial charge is 0.507 e. The number of phenols is 2. The van der Waals surface area contributed by atoms with Gasteiger partial charge in [0.15, 0.2) is 29.0 Å². The molecule has 6 aromatic rings. The number of amides is 3. The highest BCUT2D eigenvalue weighted by atomic mass is 33.1. The molecule has 0 radical (unpaired) electrons. The van der Waals surface area contributed by atoms with Crippen molar-refractivity contribution < 1.29 is 72.9 Å². The van der Waals surface area contributed by atoms with E-state index in [0.717, 1.165) is 11.8 Å². The van der Waals surface area contributed by atoms with Crippen LogP contribution in [0.3, 0.4) is 0 Å². The van der Waals surface area contributed by atoms with Gasteiger partial charge in [-0.05, 0) is 63.6 Å². The van der Waals surface area contributed by atoms with Crippen LogP contribution < -0.4 is 37.3 Å². The maximum absolute atomic E-state index is 14.1. The van der Waals surface area contributed by atoms with Crippen molar-refractivity contribution in [3.63, 3.8) is 0 Å². The minimum Gasteiger partial charge on any atom is -0.507 e. The van der Waals surface area contributed by atoms with Crippen LogP contribution in [0.1, 0.15) is 117 Å². The van der Waals surface area contributed by atoms with Gasteiger partial charge < -0.3 is 71.2 Å². The van der Waals surface area contributed by atoms with Gasteiger partial charge >= 0.3 is 6.09 Å². The number of aromatic nitrogens is 4. The number of carbonyl (C=O) groups is 7. The first-order valence-corrected chi connectivity index (χ1v) is 28.8. The Morgan fingerprint density at radius 3 is 2.46 bits per heavy atom. The summed E-state index contributed by atoms with van der Waals surface area (Å²) in [5, 5.41) is 57.8. The highest BCUT2D eigenvalue weighted by molar-refractivity contribution is 8.76. The van der Waals surface area contributed by atoms with Crippen molar-refractivity contribution in [3.05, 3.63) is 133 Å². The number of aromatic amines is 1. The smallest absolute Gasteiger partial charge is 0.407 e. The molecule has 1 fully saturated rings. The lowest BCUT2D eigenvalue weighted by Crippen LogP contribution is -2.55. The van der Waals surface area contributed by atoms with Crippen LogP contribution in [0.4, 0.5) is 16.4 Å². The van der Waals surface area contributed by atoms with E-state index >= 15 is 0 Å². The number of carbonyl (C=O) groups excluding carboxylic acids is 7. The fourth-order valence-electron chi connectivity index (χ4n) is 10.1. The molecule has 0 bridgehead atoms. The number of nitrogens with one attached hydrogen (secondary N) is 5. The third-order valence-corrected chi connectivity index (χ3v) is 17.2. The SMILES string of the molecule is COc1cccc2c1C(=O)c1c(O)c3c(c(O)c1C2=O)C[C@@](O)(C(C)=O)CC3OC1CC(NC(=O)OCc2ccccc2SSCC(C)NC(=O)CCC(C=O)NC(=O)c2ccc(NCc3cnc4nc(N)[nH]c(=O)c4n3)cc2)C(O)C(C)O1. The van der Waals surface area contributed by atoms with Crippen LogP contribution in [0.25, 0.3) is 11.2 Å². The second kappa shape index (κ2) is 25.6. The average molecular weight is 1190 g/mol. The number of nitrogen functional groups attached to an aromatic ring is 1. The number of aliphatic hydroxyl groups is 2. The van der Waals surface area contributed by atoms with Crippen molar-refractivity contribution in [3.8, 4) is 17.2 Å². The molecular formula is C57H59N9O16S2. The number of rotatable bonds is 21. The molecule has 2 aliphatic carbocycles. The van der Waals surface area contributed by atoms with E-state index in [1.807, 2.05) is 19.1 Å². The van der Waals surface area contributed by atoms with Crippen LogP contribution in [-0.4, -0.2) is 137 Å². The Balaban J connectivity index is 0.736. The van der Waals surface area contributed by atoms with Crippen molar-refractivity contribution in [2.45, 2.75) is 119 Å². The number of hydrogen-bond acceptors (Lipinski definition) is 23. The number of H-pyrrole nitrogens is 1. The summed E-state index contributed by atoms with van der Waals surface area (Å²) < 4.78 is 23.3. The molecule has 25 nitrogen and oxygen atoms in total. The molecule has 84 heavy (non-hydrogen) atoms. The molecule has 27 heteroatoms. The van der Waals surface area contributed by atoms with E-state index in [4.69, 9.17) is 24.7 Å². The van der Waals surface area contributed by atoms with Gasteiger partial charge in [-0.3, -0.25) is 33.8 Å². The summed E-state index contributed by atoms with van der Waals surface area (Å²) in [6.45, 7) is 4.51. The fraction of sp³-hybridized carbons (Fsp3) is 0.351. The standard InChI is InChI=1S/C57H59N9O16S2/c1-26(61-40(69)17-16-32(23-67)63-53(75)29-12-14-31(15-13-29)59-21-33-22-60-52-46(62-33)54(76)66-55(58)65-52)25-83-84-39-11-6-5-8-30(39)24-80-56(77)64-36-18-41(81-27(2)47(36)70)82-38-20-57(78,28(3)68)19-35-43(38)51(74)45-44(49(35)72)48(71)34-9-7-10-37(79-4)42(34)50(45)73/h5-15,22-23,26-27,32,36,38,41,47,59,70,72,74,78H,16-21,24-25H2,1-4H3,(H,61,69)(H,63,75)(H,64,77)(H3,58,60,65,66,76)/t26?,27?,32?,36?,38?,41?,47?,57-/m0/s1. The Morgan fingerprint density at radius 1 is 0.976 bits per heavy atom. The van der Waals surface area contributed by atoms with Gasteiger partial charge in [0.25, 0.3) is 11.5 Å². The normalized spacial score (nSPS) is 20.5. The quantitative estimate of drug-likeness (QED) is 0.0273. The molecule has 440 valence electrons. The summed E-state index contributed by atoms with van der Waals surface area (Å²) in [5.41, 5.74) is 3.52. The Kier molecular flexibility index (Phi) is 18.3. The van der Waals surface area contributed by atoms with Crippen LogP contribution in [0.2, 0.25) is 0 Å². The fourth-order valence-corrected chi connectivity index (χ4v) is 12.6. The minimum atomic E-state index is -2.16. The van der Waals surface area contributed by atoms with Gasteiger partial charge in [0.2, 0.25) is 17.6 Å². The molecule has 3 aliphatic rings. The zero-order valence-electron chi connectivity index (χ0n) is 45.6. The first-order valence-electron chi connectivity index (χ1n) is 26.5. The third-order valence-electron chi connectivity index (χ3n) is 14.5. The van der Waals surface area contributed by atoms with Crippen LogP contribution in [0, 0.1) is 0 Å². The third kappa shape index (κ3) is 13.0. The second-order valence-electron chi connectivity index (χ2n) is 20.4. The number of aromatic hydroxyl groups is 2.